The third kappa shape index (κ3) is 6.09. The van der Waals surface area contributed by atoms with E-state index < -0.39 is 10.0 Å². The molecule has 3 aromatic rings. The average molecular weight is 491 g/mol. The van der Waals surface area contributed by atoms with E-state index in [0.29, 0.717) is 28.6 Å². The summed E-state index contributed by atoms with van der Waals surface area (Å²) in [4.78, 5) is 13.9. The highest BCUT2D eigenvalue weighted by atomic mass is 35.5. The molecule has 3 rings (SSSR count). The lowest BCUT2D eigenvalue weighted by atomic mass is 10.3. The summed E-state index contributed by atoms with van der Waals surface area (Å²) in [6.45, 7) is -0.211. The summed E-state index contributed by atoms with van der Waals surface area (Å²) in [5.41, 5.74) is 0.990. The Bertz CT molecular complexity index is 1210. The number of methoxy groups -OCH3 is 2. The zero-order chi connectivity index (χ0) is 24.0. The third-order valence-corrected chi connectivity index (χ3v) is 6.43. The second-order valence-corrected chi connectivity index (χ2v) is 8.96. The van der Waals surface area contributed by atoms with Gasteiger partial charge in [-0.1, -0.05) is 11.6 Å². The first kappa shape index (κ1) is 24.2. The van der Waals surface area contributed by atoms with Crippen LogP contribution in [0.4, 0.5) is 11.4 Å². The largest absolute Gasteiger partial charge is 0.497 e. The monoisotopic (exact) mass is 490 g/mol. The van der Waals surface area contributed by atoms with Gasteiger partial charge in [0.05, 0.1) is 29.8 Å². The van der Waals surface area contributed by atoms with Crippen LogP contribution < -0.4 is 23.8 Å². The van der Waals surface area contributed by atoms with Crippen molar-refractivity contribution >= 4 is 38.9 Å². The molecule has 0 aromatic heterocycles. The first-order valence-corrected chi connectivity index (χ1v) is 11.6. The zero-order valence-corrected chi connectivity index (χ0v) is 19.8. The normalized spacial score (nSPS) is 10.9. The number of sulfonamides is 1. The highest BCUT2D eigenvalue weighted by Gasteiger charge is 2.16. The van der Waals surface area contributed by atoms with Crippen molar-refractivity contribution in [2.45, 2.75) is 4.90 Å². The van der Waals surface area contributed by atoms with Gasteiger partial charge in [0.15, 0.2) is 6.61 Å². The quantitative estimate of drug-likeness (QED) is 0.483. The summed E-state index contributed by atoms with van der Waals surface area (Å²) in [6, 6.07) is 17.4. The van der Waals surface area contributed by atoms with Gasteiger partial charge in [0, 0.05) is 12.7 Å². The van der Waals surface area contributed by atoms with Gasteiger partial charge in [-0.25, -0.2) is 8.42 Å². The van der Waals surface area contributed by atoms with Crippen LogP contribution in [0.25, 0.3) is 0 Å². The Labute approximate surface area is 197 Å². The second kappa shape index (κ2) is 10.5. The molecule has 0 saturated heterocycles. The van der Waals surface area contributed by atoms with Gasteiger partial charge in [-0.05, 0) is 66.7 Å². The number of benzene rings is 3. The number of likely N-dealkylation sites (N-methyl/N-ethyl adjacent to an activating group) is 1. The summed E-state index contributed by atoms with van der Waals surface area (Å²) < 4.78 is 43.4. The minimum Gasteiger partial charge on any atom is -0.497 e. The van der Waals surface area contributed by atoms with Gasteiger partial charge in [0.1, 0.15) is 17.2 Å². The van der Waals surface area contributed by atoms with Crippen molar-refractivity contribution in [1.29, 1.82) is 0 Å². The van der Waals surface area contributed by atoms with Crippen LogP contribution in [-0.4, -0.2) is 42.2 Å². The molecular formula is C23H23ClN2O6S. The van der Waals surface area contributed by atoms with E-state index in [1.807, 2.05) is 0 Å². The summed E-state index contributed by atoms with van der Waals surface area (Å²) in [6.07, 6.45) is 0. The fourth-order valence-electron chi connectivity index (χ4n) is 2.85. The number of anilines is 2. The molecule has 10 heteroatoms. The second-order valence-electron chi connectivity index (χ2n) is 6.87. The first-order valence-electron chi connectivity index (χ1n) is 9.73. The molecule has 0 aliphatic heterocycles. The predicted octanol–water partition coefficient (Wildman–Crippen LogP) is 4.20. The van der Waals surface area contributed by atoms with Crippen LogP contribution in [0.1, 0.15) is 0 Å². The van der Waals surface area contributed by atoms with Crippen LogP contribution in [0.15, 0.2) is 71.6 Å². The molecule has 3 aromatic carbocycles. The van der Waals surface area contributed by atoms with Crippen molar-refractivity contribution in [3.8, 4) is 17.2 Å². The minimum atomic E-state index is -3.84. The highest BCUT2D eigenvalue weighted by molar-refractivity contribution is 7.92. The van der Waals surface area contributed by atoms with Crippen LogP contribution in [0, 0.1) is 0 Å². The molecule has 1 N–H and O–H groups in total. The van der Waals surface area contributed by atoms with E-state index in [1.165, 1.54) is 42.3 Å². The molecule has 0 aliphatic rings. The van der Waals surface area contributed by atoms with Gasteiger partial charge in [-0.3, -0.25) is 9.52 Å². The number of amides is 1. The summed E-state index contributed by atoms with van der Waals surface area (Å²) in [7, 11) is 0.836. The van der Waals surface area contributed by atoms with Gasteiger partial charge in [0.25, 0.3) is 15.9 Å². The number of nitrogens with zero attached hydrogens (tertiary/aromatic N) is 1. The van der Waals surface area contributed by atoms with Crippen LogP contribution in [0.3, 0.4) is 0 Å². The number of rotatable bonds is 9. The molecule has 0 fully saturated rings. The van der Waals surface area contributed by atoms with E-state index in [-0.39, 0.29) is 22.4 Å². The Morgan fingerprint density at radius 1 is 0.939 bits per heavy atom. The van der Waals surface area contributed by atoms with Crippen molar-refractivity contribution in [3.05, 3.63) is 71.8 Å². The Balaban J connectivity index is 1.60. The van der Waals surface area contributed by atoms with Crippen molar-refractivity contribution in [2.24, 2.45) is 0 Å². The van der Waals surface area contributed by atoms with E-state index in [2.05, 4.69) is 4.72 Å². The van der Waals surface area contributed by atoms with E-state index in [0.717, 1.165) is 0 Å². The van der Waals surface area contributed by atoms with Crippen molar-refractivity contribution < 1.29 is 27.4 Å². The number of hydrogen-bond donors (Lipinski definition) is 1. The Hall–Kier alpha value is -3.43. The van der Waals surface area contributed by atoms with Gasteiger partial charge in [0.2, 0.25) is 0 Å². The van der Waals surface area contributed by atoms with E-state index in [1.54, 1.807) is 50.6 Å². The van der Waals surface area contributed by atoms with Crippen molar-refractivity contribution in [2.75, 3.05) is 37.5 Å². The highest BCUT2D eigenvalue weighted by Crippen LogP contribution is 2.28. The lowest BCUT2D eigenvalue weighted by molar-refractivity contribution is -0.120. The standard InChI is InChI=1S/C23H23ClN2O6S/c1-26(17-5-7-18(30-2)8-6-17)23(27)15-32-19-9-11-20(12-10-19)33(28,29)25-16-4-13-22(31-3)21(24)14-16/h4-14,25H,15H2,1-3H3. The molecule has 0 heterocycles. The van der Waals surface area contributed by atoms with Crippen LogP contribution >= 0.6 is 11.6 Å². The number of ether oxygens (including phenoxy) is 3. The molecular weight excluding hydrogens is 468 g/mol. The summed E-state index contributed by atoms with van der Waals surface area (Å²) >= 11 is 6.05. The zero-order valence-electron chi connectivity index (χ0n) is 18.2. The summed E-state index contributed by atoms with van der Waals surface area (Å²) in [5, 5.41) is 0.283. The number of nitrogens with one attached hydrogen (secondary N) is 1. The molecule has 1 amide bonds. The molecule has 0 unspecified atom stereocenters. The van der Waals surface area contributed by atoms with Crippen molar-refractivity contribution in [3.63, 3.8) is 0 Å². The topological polar surface area (TPSA) is 94.2 Å². The van der Waals surface area contributed by atoms with Gasteiger partial charge in [-0.2, -0.15) is 0 Å². The molecule has 33 heavy (non-hydrogen) atoms. The Morgan fingerprint density at radius 3 is 2.15 bits per heavy atom. The maximum Gasteiger partial charge on any atom is 0.264 e. The SMILES string of the molecule is COc1ccc(N(C)C(=O)COc2ccc(S(=O)(=O)Nc3ccc(OC)c(Cl)c3)cc2)cc1. The fourth-order valence-corrected chi connectivity index (χ4v) is 4.16. The Morgan fingerprint density at radius 2 is 1.58 bits per heavy atom. The van der Waals surface area contributed by atoms with Gasteiger partial charge in [-0.15, -0.1) is 0 Å². The predicted molar refractivity (Wildman–Crippen MR) is 127 cm³/mol. The molecule has 8 nitrogen and oxygen atoms in total. The molecule has 174 valence electrons. The number of carbonyl (C=O) groups excluding carboxylic acids is 1. The maximum absolute atomic E-state index is 12.6. The molecule has 0 saturated carbocycles. The first-order chi connectivity index (χ1) is 15.7. The van der Waals surface area contributed by atoms with E-state index >= 15 is 0 Å². The molecule has 0 bridgehead atoms. The molecule has 0 radical (unpaired) electrons. The third-order valence-electron chi connectivity index (χ3n) is 4.73. The fraction of sp³-hybridized carbons (Fsp3) is 0.174. The smallest absolute Gasteiger partial charge is 0.264 e. The molecule has 0 aliphatic carbocycles. The van der Waals surface area contributed by atoms with E-state index in [9.17, 15) is 13.2 Å². The number of hydrogen-bond acceptors (Lipinski definition) is 6. The number of halogens is 1. The van der Waals surface area contributed by atoms with Crippen LogP contribution in [-0.2, 0) is 14.8 Å². The molecule has 0 spiro atoms. The van der Waals surface area contributed by atoms with E-state index in [4.69, 9.17) is 25.8 Å². The lowest BCUT2D eigenvalue weighted by Gasteiger charge is -2.18. The van der Waals surface area contributed by atoms with Crippen LogP contribution in [0.2, 0.25) is 5.02 Å². The Kier molecular flexibility index (Phi) is 7.67. The summed E-state index contributed by atoms with van der Waals surface area (Å²) in [5.74, 6) is 1.22. The molecule has 0 atom stereocenters. The average Bonchev–Trinajstić information content (AvgIpc) is 2.82. The lowest BCUT2D eigenvalue weighted by Crippen LogP contribution is -2.31. The minimum absolute atomic E-state index is 0.0310. The number of carbonyl (C=O) groups is 1. The van der Waals surface area contributed by atoms with Crippen LogP contribution in [0.5, 0.6) is 17.2 Å². The van der Waals surface area contributed by atoms with Crippen molar-refractivity contribution in [1.82, 2.24) is 0 Å². The maximum atomic E-state index is 12.6. The van der Waals surface area contributed by atoms with Gasteiger partial charge < -0.3 is 19.1 Å². The van der Waals surface area contributed by atoms with Gasteiger partial charge >= 0.3 is 0 Å².